The highest BCUT2D eigenvalue weighted by Crippen LogP contribution is 2.24. The molecular formula is C12H8FN3O. The predicted molar refractivity (Wildman–Crippen MR) is 61.6 cm³/mol. The second-order valence-corrected chi connectivity index (χ2v) is 3.62. The van der Waals surface area contributed by atoms with Crippen LogP contribution in [0.3, 0.4) is 0 Å². The van der Waals surface area contributed by atoms with E-state index in [9.17, 15) is 4.39 Å². The number of nitrogen functional groups attached to an aromatic ring is 1. The lowest BCUT2D eigenvalue weighted by Crippen LogP contribution is -1.85. The summed E-state index contributed by atoms with van der Waals surface area (Å²) in [5, 5.41) is 0. The first-order chi connectivity index (χ1) is 8.22. The van der Waals surface area contributed by atoms with E-state index in [0.717, 1.165) is 0 Å². The molecule has 0 bridgehead atoms. The summed E-state index contributed by atoms with van der Waals surface area (Å²) in [6.45, 7) is 0. The van der Waals surface area contributed by atoms with Gasteiger partial charge in [0.1, 0.15) is 11.3 Å². The van der Waals surface area contributed by atoms with Gasteiger partial charge in [-0.3, -0.25) is 0 Å². The van der Waals surface area contributed by atoms with Crippen molar-refractivity contribution in [2.45, 2.75) is 0 Å². The molecule has 0 fully saturated rings. The lowest BCUT2D eigenvalue weighted by Gasteiger charge is -1.93. The van der Waals surface area contributed by atoms with Crippen molar-refractivity contribution < 1.29 is 8.81 Å². The molecule has 0 spiro atoms. The van der Waals surface area contributed by atoms with Gasteiger partial charge < -0.3 is 10.2 Å². The minimum atomic E-state index is -0.336. The van der Waals surface area contributed by atoms with Gasteiger partial charge in [-0.25, -0.2) is 14.4 Å². The molecule has 84 valence electrons. The summed E-state index contributed by atoms with van der Waals surface area (Å²) < 4.78 is 18.5. The molecule has 4 nitrogen and oxygen atoms in total. The maximum Gasteiger partial charge on any atom is 0.247 e. The SMILES string of the molecule is Nc1cnc2oc(-c3cccc(F)c3)nc2c1. The van der Waals surface area contributed by atoms with Crippen molar-refractivity contribution in [3.63, 3.8) is 0 Å². The van der Waals surface area contributed by atoms with E-state index in [4.69, 9.17) is 10.2 Å². The Morgan fingerprint density at radius 1 is 1.24 bits per heavy atom. The molecular weight excluding hydrogens is 221 g/mol. The number of anilines is 1. The number of nitrogens with two attached hydrogens (primary N) is 1. The number of aromatic nitrogens is 2. The number of hydrogen-bond acceptors (Lipinski definition) is 4. The largest absolute Gasteiger partial charge is 0.418 e. The molecule has 0 atom stereocenters. The first-order valence-electron chi connectivity index (χ1n) is 5.00. The number of nitrogens with zero attached hydrogens (tertiary/aromatic N) is 2. The van der Waals surface area contributed by atoms with Crippen molar-refractivity contribution in [1.29, 1.82) is 0 Å². The number of fused-ring (bicyclic) bond motifs is 1. The number of oxazole rings is 1. The zero-order valence-electron chi connectivity index (χ0n) is 8.72. The molecule has 2 heterocycles. The van der Waals surface area contributed by atoms with Crippen molar-refractivity contribution in [3.8, 4) is 11.5 Å². The van der Waals surface area contributed by atoms with Gasteiger partial charge in [-0.2, -0.15) is 0 Å². The van der Waals surface area contributed by atoms with Crippen LogP contribution in [0.25, 0.3) is 22.7 Å². The standard InChI is InChI=1S/C12H8FN3O/c13-8-3-1-2-7(4-8)11-16-10-5-9(14)6-15-12(10)17-11/h1-6H,14H2. The van der Waals surface area contributed by atoms with Gasteiger partial charge >= 0.3 is 0 Å². The summed E-state index contributed by atoms with van der Waals surface area (Å²) in [4.78, 5) is 8.21. The van der Waals surface area contributed by atoms with E-state index >= 15 is 0 Å². The lowest BCUT2D eigenvalue weighted by atomic mass is 10.2. The van der Waals surface area contributed by atoms with E-state index < -0.39 is 0 Å². The fourth-order valence-corrected chi connectivity index (χ4v) is 1.58. The Bertz CT molecular complexity index is 693. The monoisotopic (exact) mass is 229 g/mol. The lowest BCUT2D eigenvalue weighted by molar-refractivity contribution is 0.602. The van der Waals surface area contributed by atoms with Crippen LogP contribution in [0.4, 0.5) is 10.1 Å². The normalized spacial score (nSPS) is 10.9. The van der Waals surface area contributed by atoms with Gasteiger partial charge in [-0.1, -0.05) is 6.07 Å². The number of rotatable bonds is 1. The summed E-state index contributed by atoms with van der Waals surface area (Å²) >= 11 is 0. The Morgan fingerprint density at radius 3 is 2.94 bits per heavy atom. The molecule has 5 heteroatoms. The van der Waals surface area contributed by atoms with Crippen LogP contribution in [-0.2, 0) is 0 Å². The van der Waals surface area contributed by atoms with Crippen LogP contribution >= 0.6 is 0 Å². The fourth-order valence-electron chi connectivity index (χ4n) is 1.58. The van der Waals surface area contributed by atoms with E-state index in [1.165, 1.54) is 18.3 Å². The summed E-state index contributed by atoms with van der Waals surface area (Å²) in [5.41, 5.74) is 7.62. The minimum absolute atomic E-state index is 0.331. The van der Waals surface area contributed by atoms with Crippen molar-refractivity contribution >= 4 is 16.9 Å². The molecule has 0 radical (unpaired) electrons. The predicted octanol–water partition coefficient (Wildman–Crippen LogP) is 2.61. The van der Waals surface area contributed by atoms with Crippen molar-refractivity contribution in [3.05, 3.63) is 42.3 Å². The minimum Gasteiger partial charge on any atom is -0.418 e. The van der Waals surface area contributed by atoms with Crippen LogP contribution in [0.1, 0.15) is 0 Å². The average Bonchev–Trinajstić information content (AvgIpc) is 2.72. The third kappa shape index (κ3) is 1.71. The van der Waals surface area contributed by atoms with E-state index in [0.29, 0.717) is 28.4 Å². The highest BCUT2D eigenvalue weighted by atomic mass is 19.1. The highest BCUT2D eigenvalue weighted by molar-refractivity contribution is 5.75. The Balaban J connectivity index is 2.18. The van der Waals surface area contributed by atoms with Crippen molar-refractivity contribution in [1.82, 2.24) is 9.97 Å². The molecule has 3 rings (SSSR count). The molecule has 17 heavy (non-hydrogen) atoms. The molecule has 1 aromatic carbocycles. The second kappa shape index (κ2) is 3.55. The maximum atomic E-state index is 13.1. The van der Waals surface area contributed by atoms with E-state index in [2.05, 4.69) is 9.97 Å². The highest BCUT2D eigenvalue weighted by Gasteiger charge is 2.09. The Kier molecular flexibility index (Phi) is 2.04. The summed E-state index contributed by atoms with van der Waals surface area (Å²) in [6.07, 6.45) is 1.49. The molecule has 3 aromatic rings. The summed E-state index contributed by atoms with van der Waals surface area (Å²) in [7, 11) is 0. The smallest absolute Gasteiger partial charge is 0.247 e. The summed E-state index contributed by atoms with van der Waals surface area (Å²) in [5.74, 6) is -0.00479. The third-order valence-electron chi connectivity index (χ3n) is 2.34. The Morgan fingerprint density at radius 2 is 2.12 bits per heavy atom. The van der Waals surface area contributed by atoms with Crippen LogP contribution in [0.15, 0.2) is 40.9 Å². The molecule has 0 saturated carbocycles. The van der Waals surface area contributed by atoms with Gasteiger partial charge in [-0.15, -0.1) is 0 Å². The van der Waals surface area contributed by atoms with Gasteiger partial charge in [0.2, 0.25) is 11.6 Å². The van der Waals surface area contributed by atoms with Crippen LogP contribution < -0.4 is 5.73 Å². The molecule has 0 aliphatic heterocycles. The maximum absolute atomic E-state index is 13.1. The van der Waals surface area contributed by atoms with Gasteiger partial charge in [0.05, 0.1) is 11.9 Å². The van der Waals surface area contributed by atoms with E-state index in [-0.39, 0.29) is 5.82 Å². The van der Waals surface area contributed by atoms with Crippen LogP contribution in [0.5, 0.6) is 0 Å². The Hall–Kier alpha value is -2.43. The van der Waals surface area contributed by atoms with Crippen molar-refractivity contribution in [2.24, 2.45) is 0 Å². The fraction of sp³-hybridized carbons (Fsp3) is 0. The molecule has 2 N–H and O–H groups in total. The van der Waals surface area contributed by atoms with Crippen LogP contribution in [0, 0.1) is 5.82 Å². The molecule has 0 saturated heterocycles. The first-order valence-corrected chi connectivity index (χ1v) is 5.00. The molecule has 0 amide bonds. The van der Waals surface area contributed by atoms with Crippen LogP contribution in [-0.4, -0.2) is 9.97 Å². The Labute approximate surface area is 95.9 Å². The third-order valence-corrected chi connectivity index (χ3v) is 2.34. The molecule has 0 unspecified atom stereocenters. The zero-order chi connectivity index (χ0) is 11.8. The van der Waals surface area contributed by atoms with E-state index in [1.807, 2.05) is 0 Å². The average molecular weight is 229 g/mol. The zero-order valence-corrected chi connectivity index (χ0v) is 8.72. The van der Waals surface area contributed by atoms with Crippen LogP contribution in [0.2, 0.25) is 0 Å². The first kappa shape index (κ1) is 9.77. The van der Waals surface area contributed by atoms with Gasteiger partial charge in [0.15, 0.2) is 0 Å². The van der Waals surface area contributed by atoms with Gasteiger partial charge in [0.25, 0.3) is 0 Å². The van der Waals surface area contributed by atoms with E-state index in [1.54, 1.807) is 18.2 Å². The molecule has 0 aliphatic carbocycles. The number of hydrogen-bond donors (Lipinski definition) is 1. The quantitative estimate of drug-likeness (QED) is 0.696. The van der Waals surface area contributed by atoms with Gasteiger partial charge in [-0.05, 0) is 24.3 Å². The number of benzene rings is 1. The number of pyridine rings is 1. The van der Waals surface area contributed by atoms with Gasteiger partial charge in [0, 0.05) is 5.56 Å². The number of halogens is 1. The second-order valence-electron chi connectivity index (χ2n) is 3.62. The topological polar surface area (TPSA) is 64.9 Å². The van der Waals surface area contributed by atoms with Crippen molar-refractivity contribution in [2.75, 3.05) is 5.73 Å². The molecule has 0 aliphatic rings. The molecule has 2 aromatic heterocycles. The summed E-state index contributed by atoms with van der Waals surface area (Å²) in [6, 6.07) is 7.70.